The lowest BCUT2D eigenvalue weighted by atomic mass is 10.2. The Morgan fingerprint density at radius 1 is 1.55 bits per heavy atom. The van der Waals surface area contributed by atoms with E-state index in [2.05, 4.69) is 10.3 Å². The van der Waals surface area contributed by atoms with Crippen molar-refractivity contribution in [1.29, 1.82) is 0 Å². The molecule has 0 spiro atoms. The Kier molecular flexibility index (Phi) is 5.35. The van der Waals surface area contributed by atoms with Crippen molar-refractivity contribution >= 4 is 29.2 Å². The van der Waals surface area contributed by atoms with Gasteiger partial charge in [-0.3, -0.25) is 14.9 Å². The molecule has 9 nitrogen and oxygen atoms in total. The molecule has 0 fully saturated rings. The Labute approximate surface area is 117 Å². The number of amides is 1. The summed E-state index contributed by atoms with van der Waals surface area (Å²) in [5.41, 5.74) is -0.814. The maximum Gasteiger partial charge on any atom is 0.332 e. The number of carboxylic acids is 1. The Hall–Kier alpha value is -2.26. The molecule has 0 aromatic carbocycles. The van der Waals surface area contributed by atoms with Crippen molar-refractivity contribution in [2.45, 2.75) is 12.5 Å². The van der Waals surface area contributed by atoms with Crippen LogP contribution in [0.1, 0.15) is 16.8 Å². The number of halogens is 1. The van der Waals surface area contributed by atoms with Crippen molar-refractivity contribution in [2.24, 2.45) is 0 Å². The minimum Gasteiger partial charge on any atom is -0.479 e. The zero-order valence-electron chi connectivity index (χ0n) is 9.95. The van der Waals surface area contributed by atoms with Crippen LogP contribution in [0.4, 0.5) is 5.69 Å². The van der Waals surface area contributed by atoms with Crippen LogP contribution < -0.4 is 5.32 Å². The number of hydrogen-bond donors (Lipinski definition) is 3. The van der Waals surface area contributed by atoms with Crippen LogP contribution in [0.5, 0.6) is 0 Å². The zero-order chi connectivity index (χ0) is 15.3. The molecule has 0 radical (unpaired) electrons. The van der Waals surface area contributed by atoms with Gasteiger partial charge in [-0.15, -0.1) is 0 Å². The Morgan fingerprint density at radius 2 is 2.20 bits per heavy atom. The zero-order valence-corrected chi connectivity index (χ0v) is 10.7. The molecule has 10 heteroatoms. The van der Waals surface area contributed by atoms with Crippen molar-refractivity contribution < 1.29 is 24.7 Å². The third kappa shape index (κ3) is 4.14. The first kappa shape index (κ1) is 15.8. The highest BCUT2D eigenvalue weighted by atomic mass is 35.5. The third-order valence-corrected chi connectivity index (χ3v) is 2.49. The van der Waals surface area contributed by atoms with Gasteiger partial charge >= 0.3 is 5.97 Å². The highest BCUT2D eigenvalue weighted by Gasteiger charge is 2.21. The van der Waals surface area contributed by atoms with Crippen molar-refractivity contribution in [2.75, 3.05) is 6.54 Å². The number of pyridine rings is 1. The van der Waals surface area contributed by atoms with Gasteiger partial charge in [0.05, 0.1) is 4.92 Å². The number of aliphatic carboxylic acids is 1. The predicted molar refractivity (Wildman–Crippen MR) is 66.5 cm³/mol. The lowest BCUT2D eigenvalue weighted by Crippen LogP contribution is -2.30. The minimum atomic E-state index is -1.62. The van der Waals surface area contributed by atoms with Crippen LogP contribution in [0.2, 0.25) is 5.15 Å². The molecule has 0 saturated carbocycles. The fraction of sp³-hybridized carbons (Fsp3) is 0.300. The summed E-state index contributed by atoms with van der Waals surface area (Å²) < 4.78 is 0. The molecule has 1 aromatic heterocycles. The summed E-state index contributed by atoms with van der Waals surface area (Å²) in [7, 11) is 0. The van der Waals surface area contributed by atoms with Crippen molar-refractivity contribution in [3.05, 3.63) is 33.1 Å². The van der Waals surface area contributed by atoms with Gasteiger partial charge in [-0.2, -0.15) is 0 Å². The van der Waals surface area contributed by atoms with E-state index in [1.807, 2.05) is 0 Å². The molecule has 1 atom stereocenters. The molecule has 0 bridgehead atoms. The van der Waals surface area contributed by atoms with Crippen LogP contribution in [0.15, 0.2) is 12.3 Å². The number of hydrogen-bond acceptors (Lipinski definition) is 6. The SMILES string of the molecule is O=C(NCCC(O)C(=O)O)c1cc(Cl)ncc1[N+](=O)[O-]. The number of nitrogens with zero attached hydrogens (tertiary/aromatic N) is 2. The minimum absolute atomic E-state index is 0.0914. The van der Waals surface area contributed by atoms with Gasteiger partial charge in [0.2, 0.25) is 0 Å². The Balaban J connectivity index is 2.75. The van der Waals surface area contributed by atoms with E-state index in [-0.39, 0.29) is 23.7 Å². The molecule has 1 heterocycles. The fourth-order valence-electron chi connectivity index (χ4n) is 1.29. The predicted octanol–water partition coefficient (Wildman–Crippen LogP) is 0.209. The van der Waals surface area contributed by atoms with Gasteiger partial charge in [-0.25, -0.2) is 9.78 Å². The Morgan fingerprint density at radius 3 is 2.75 bits per heavy atom. The molecule has 0 aliphatic heterocycles. The number of aromatic nitrogens is 1. The van der Waals surface area contributed by atoms with E-state index in [1.54, 1.807) is 0 Å². The molecular formula is C10H10ClN3O6. The lowest BCUT2D eigenvalue weighted by Gasteiger charge is -2.07. The molecule has 0 aliphatic carbocycles. The average molecular weight is 304 g/mol. The van der Waals surface area contributed by atoms with Crippen molar-refractivity contribution in [1.82, 2.24) is 10.3 Å². The van der Waals surface area contributed by atoms with Crippen LogP contribution >= 0.6 is 11.6 Å². The highest BCUT2D eigenvalue weighted by molar-refractivity contribution is 6.29. The number of rotatable bonds is 6. The second kappa shape index (κ2) is 6.78. The van der Waals surface area contributed by atoms with E-state index in [1.165, 1.54) is 0 Å². The summed E-state index contributed by atoms with van der Waals surface area (Å²) in [5, 5.41) is 30.3. The second-order valence-corrected chi connectivity index (χ2v) is 4.07. The molecule has 1 amide bonds. The summed E-state index contributed by atoms with van der Waals surface area (Å²) in [6, 6.07) is 1.03. The van der Waals surface area contributed by atoms with Crippen LogP contribution in [-0.4, -0.2) is 44.6 Å². The quantitative estimate of drug-likeness (QED) is 0.387. The van der Waals surface area contributed by atoms with Gasteiger partial charge in [0, 0.05) is 13.0 Å². The maximum atomic E-state index is 11.7. The van der Waals surface area contributed by atoms with E-state index in [0.29, 0.717) is 0 Å². The lowest BCUT2D eigenvalue weighted by molar-refractivity contribution is -0.385. The number of carbonyl (C=O) groups is 2. The summed E-state index contributed by atoms with van der Waals surface area (Å²) in [5.74, 6) is -2.23. The molecule has 3 N–H and O–H groups in total. The number of carboxylic acid groups (broad SMARTS) is 1. The first-order valence-electron chi connectivity index (χ1n) is 5.32. The smallest absolute Gasteiger partial charge is 0.332 e. The van der Waals surface area contributed by atoms with Crippen LogP contribution in [-0.2, 0) is 4.79 Å². The molecule has 1 unspecified atom stereocenters. The van der Waals surface area contributed by atoms with E-state index in [0.717, 1.165) is 12.3 Å². The topological polar surface area (TPSA) is 143 Å². The van der Waals surface area contributed by atoms with Gasteiger partial charge in [-0.1, -0.05) is 11.6 Å². The van der Waals surface area contributed by atoms with E-state index < -0.39 is 28.6 Å². The fourth-order valence-corrected chi connectivity index (χ4v) is 1.45. The van der Waals surface area contributed by atoms with Gasteiger partial charge in [0.1, 0.15) is 16.9 Å². The van der Waals surface area contributed by atoms with Crippen LogP contribution in [0.3, 0.4) is 0 Å². The summed E-state index contributed by atoms with van der Waals surface area (Å²) >= 11 is 5.56. The van der Waals surface area contributed by atoms with E-state index >= 15 is 0 Å². The number of carbonyl (C=O) groups excluding carboxylic acids is 1. The maximum absolute atomic E-state index is 11.7. The highest BCUT2D eigenvalue weighted by Crippen LogP contribution is 2.20. The average Bonchev–Trinajstić information content (AvgIpc) is 2.37. The molecule has 1 aromatic rings. The van der Waals surface area contributed by atoms with Gasteiger partial charge < -0.3 is 15.5 Å². The molecule has 1 rings (SSSR count). The van der Waals surface area contributed by atoms with Crippen molar-refractivity contribution in [3.63, 3.8) is 0 Å². The van der Waals surface area contributed by atoms with E-state index in [4.69, 9.17) is 21.8 Å². The number of aliphatic hydroxyl groups excluding tert-OH is 1. The standard InChI is InChI=1S/C10H10ClN3O6/c11-8-3-5(6(4-13-8)14(19)20)9(16)12-2-1-7(15)10(17)18/h3-4,7,15H,1-2H2,(H,12,16)(H,17,18). The third-order valence-electron chi connectivity index (χ3n) is 2.28. The number of aliphatic hydroxyl groups is 1. The van der Waals surface area contributed by atoms with E-state index in [9.17, 15) is 19.7 Å². The largest absolute Gasteiger partial charge is 0.479 e. The van der Waals surface area contributed by atoms with Crippen LogP contribution in [0, 0.1) is 10.1 Å². The van der Waals surface area contributed by atoms with Crippen molar-refractivity contribution in [3.8, 4) is 0 Å². The molecule has 0 aliphatic rings. The summed E-state index contributed by atoms with van der Waals surface area (Å²) in [6.07, 6.45) is -0.997. The molecule has 108 valence electrons. The summed E-state index contributed by atoms with van der Waals surface area (Å²) in [4.78, 5) is 35.5. The normalized spacial score (nSPS) is 11.7. The Bertz CT molecular complexity index is 550. The number of nitrogens with one attached hydrogen (secondary N) is 1. The first-order valence-corrected chi connectivity index (χ1v) is 5.69. The number of nitro groups is 1. The second-order valence-electron chi connectivity index (χ2n) is 3.68. The van der Waals surface area contributed by atoms with Gasteiger partial charge in [0.15, 0.2) is 6.10 Å². The summed E-state index contributed by atoms with van der Waals surface area (Å²) in [6.45, 7) is -0.163. The molecular weight excluding hydrogens is 294 g/mol. The monoisotopic (exact) mass is 303 g/mol. The molecule has 20 heavy (non-hydrogen) atoms. The first-order chi connectivity index (χ1) is 9.32. The van der Waals surface area contributed by atoms with Gasteiger partial charge in [-0.05, 0) is 6.07 Å². The van der Waals surface area contributed by atoms with Gasteiger partial charge in [0.25, 0.3) is 11.6 Å². The van der Waals surface area contributed by atoms with Crippen LogP contribution in [0.25, 0.3) is 0 Å². The molecule has 0 saturated heterocycles.